The number of likely N-dealkylation sites (tertiary alicyclic amines) is 1. The summed E-state index contributed by atoms with van der Waals surface area (Å²) in [5.74, 6) is 0.0286. The molecule has 1 aromatic heterocycles. The van der Waals surface area contributed by atoms with E-state index in [9.17, 15) is 9.90 Å². The summed E-state index contributed by atoms with van der Waals surface area (Å²) in [6, 6.07) is 7.75. The highest BCUT2D eigenvalue weighted by atomic mass is 16.3. The fraction of sp³-hybridized carbons (Fsp3) is 0.429. The molecule has 1 aliphatic rings. The Morgan fingerprint density at radius 1 is 1.47 bits per heavy atom. The summed E-state index contributed by atoms with van der Waals surface area (Å²) in [6.07, 6.45) is 2.33. The molecule has 1 N–H and O–H groups in total. The number of hydrogen-bond acceptors (Lipinski definition) is 3. The van der Waals surface area contributed by atoms with E-state index < -0.39 is 5.60 Å². The van der Waals surface area contributed by atoms with Crippen molar-refractivity contribution < 1.29 is 9.90 Å². The lowest BCUT2D eigenvalue weighted by Gasteiger charge is -2.19. The monoisotopic (exact) mass is 259 g/mol. The van der Waals surface area contributed by atoms with E-state index in [2.05, 4.69) is 4.98 Å². The molecule has 1 aliphatic heterocycles. The molecule has 5 nitrogen and oxygen atoms in total. The van der Waals surface area contributed by atoms with Crippen molar-refractivity contribution in [2.45, 2.75) is 25.5 Å². The molecule has 1 saturated heterocycles. The van der Waals surface area contributed by atoms with Gasteiger partial charge in [0.25, 0.3) is 0 Å². The molecule has 1 aromatic carbocycles. The number of para-hydroxylation sites is 2. The van der Waals surface area contributed by atoms with Crippen molar-refractivity contribution in [2.24, 2.45) is 0 Å². The first-order chi connectivity index (χ1) is 9.05. The summed E-state index contributed by atoms with van der Waals surface area (Å²) >= 11 is 0. The van der Waals surface area contributed by atoms with Gasteiger partial charge in [0, 0.05) is 13.1 Å². The summed E-state index contributed by atoms with van der Waals surface area (Å²) in [7, 11) is 0. The highest BCUT2D eigenvalue weighted by Crippen LogP contribution is 2.21. The largest absolute Gasteiger partial charge is 0.388 e. The SMILES string of the molecule is CC1(O)CCN(C(=O)Cn2cnc3ccccc32)C1. The average Bonchev–Trinajstić information content (AvgIpc) is 2.94. The minimum atomic E-state index is -0.743. The fourth-order valence-electron chi connectivity index (χ4n) is 2.54. The summed E-state index contributed by atoms with van der Waals surface area (Å²) in [4.78, 5) is 18.2. The van der Waals surface area contributed by atoms with Gasteiger partial charge in [-0.2, -0.15) is 0 Å². The van der Waals surface area contributed by atoms with Crippen molar-refractivity contribution in [3.05, 3.63) is 30.6 Å². The summed E-state index contributed by atoms with van der Waals surface area (Å²) in [5.41, 5.74) is 1.11. The molecule has 0 bridgehead atoms. The molecule has 0 aliphatic carbocycles. The zero-order valence-corrected chi connectivity index (χ0v) is 10.9. The average molecular weight is 259 g/mol. The normalized spacial score (nSPS) is 23.2. The predicted octanol–water partition coefficient (Wildman–Crippen LogP) is 1.02. The van der Waals surface area contributed by atoms with E-state index in [4.69, 9.17) is 0 Å². The van der Waals surface area contributed by atoms with E-state index in [1.165, 1.54) is 0 Å². The number of aromatic nitrogens is 2. The van der Waals surface area contributed by atoms with E-state index in [0.717, 1.165) is 11.0 Å². The Labute approximate surface area is 111 Å². The highest BCUT2D eigenvalue weighted by molar-refractivity contribution is 5.80. The number of fused-ring (bicyclic) bond motifs is 1. The Morgan fingerprint density at radius 3 is 3.00 bits per heavy atom. The van der Waals surface area contributed by atoms with Crippen LogP contribution in [-0.4, -0.2) is 44.2 Å². The zero-order valence-electron chi connectivity index (χ0n) is 10.9. The Kier molecular flexibility index (Phi) is 2.78. The number of nitrogens with zero attached hydrogens (tertiary/aromatic N) is 3. The minimum Gasteiger partial charge on any atom is -0.388 e. The molecule has 2 aromatic rings. The molecule has 0 radical (unpaired) electrons. The van der Waals surface area contributed by atoms with Gasteiger partial charge in [-0.25, -0.2) is 4.98 Å². The van der Waals surface area contributed by atoms with Gasteiger partial charge in [-0.05, 0) is 25.5 Å². The van der Waals surface area contributed by atoms with Crippen LogP contribution in [0.4, 0.5) is 0 Å². The zero-order chi connectivity index (χ0) is 13.5. The Balaban J connectivity index is 1.77. The second kappa shape index (κ2) is 4.35. The van der Waals surface area contributed by atoms with Crippen molar-refractivity contribution in [1.82, 2.24) is 14.5 Å². The van der Waals surface area contributed by atoms with E-state index in [1.807, 2.05) is 28.8 Å². The number of amides is 1. The molecule has 1 amide bonds. The maximum absolute atomic E-state index is 12.2. The molecule has 19 heavy (non-hydrogen) atoms. The fourth-order valence-corrected chi connectivity index (χ4v) is 2.54. The van der Waals surface area contributed by atoms with E-state index in [1.54, 1.807) is 18.2 Å². The Morgan fingerprint density at radius 2 is 2.26 bits per heavy atom. The lowest BCUT2D eigenvalue weighted by Crippen LogP contribution is -2.35. The van der Waals surface area contributed by atoms with Crippen LogP contribution < -0.4 is 0 Å². The third-order valence-corrected chi connectivity index (χ3v) is 3.64. The van der Waals surface area contributed by atoms with Crippen LogP contribution in [0.2, 0.25) is 0 Å². The molecular weight excluding hydrogens is 242 g/mol. The van der Waals surface area contributed by atoms with Crippen LogP contribution in [0.5, 0.6) is 0 Å². The summed E-state index contributed by atoms with van der Waals surface area (Å²) < 4.78 is 1.85. The molecule has 100 valence electrons. The minimum absolute atomic E-state index is 0.0286. The van der Waals surface area contributed by atoms with Crippen molar-refractivity contribution in [2.75, 3.05) is 13.1 Å². The summed E-state index contributed by atoms with van der Waals surface area (Å²) in [6.45, 7) is 3.08. The molecule has 0 spiro atoms. The van der Waals surface area contributed by atoms with E-state index >= 15 is 0 Å². The Bertz CT molecular complexity index is 618. The van der Waals surface area contributed by atoms with Crippen LogP contribution in [0.15, 0.2) is 30.6 Å². The number of carbonyl (C=O) groups excluding carboxylic acids is 1. The van der Waals surface area contributed by atoms with E-state index in [-0.39, 0.29) is 12.5 Å². The number of rotatable bonds is 2. The number of aliphatic hydroxyl groups is 1. The smallest absolute Gasteiger partial charge is 0.242 e. The third-order valence-electron chi connectivity index (χ3n) is 3.64. The maximum atomic E-state index is 12.2. The van der Waals surface area contributed by atoms with Crippen LogP contribution in [0.3, 0.4) is 0 Å². The van der Waals surface area contributed by atoms with Gasteiger partial charge < -0.3 is 14.6 Å². The van der Waals surface area contributed by atoms with Crippen molar-refractivity contribution in [3.8, 4) is 0 Å². The van der Waals surface area contributed by atoms with Crippen LogP contribution in [-0.2, 0) is 11.3 Å². The topological polar surface area (TPSA) is 58.4 Å². The number of benzene rings is 1. The molecular formula is C14H17N3O2. The molecule has 3 rings (SSSR count). The third kappa shape index (κ3) is 2.33. The van der Waals surface area contributed by atoms with Crippen molar-refractivity contribution >= 4 is 16.9 Å². The van der Waals surface area contributed by atoms with Crippen LogP contribution >= 0.6 is 0 Å². The van der Waals surface area contributed by atoms with Gasteiger partial charge in [0.15, 0.2) is 0 Å². The first kappa shape index (κ1) is 12.2. The maximum Gasteiger partial charge on any atom is 0.242 e. The molecule has 5 heteroatoms. The Hall–Kier alpha value is -1.88. The highest BCUT2D eigenvalue weighted by Gasteiger charge is 2.33. The first-order valence-corrected chi connectivity index (χ1v) is 6.45. The van der Waals surface area contributed by atoms with E-state index in [0.29, 0.717) is 19.5 Å². The van der Waals surface area contributed by atoms with Gasteiger partial charge in [-0.3, -0.25) is 4.79 Å². The van der Waals surface area contributed by atoms with Gasteiger partial charge in [0.1, 0.15) is 6.54 Å². The first-order valence-electron chi connectivity index (χ1n) is 6.45. The molecule has 1 unspecified atom stereocenters. The predicted molar refractivity (Wildman–Crippen MR) is 71.6 cm³/mol. The summed E-state index contributed by atoms with van der Waals surface area (Å²) in [5, 5.41) is 9.90. The quantitative estimate of drug-likeness (QED) is 0.876. The second-order valence-corrected chi connectivity index (χ2v) is 5.42. The lowest BCUT2D eigenvalue weighted by atomic mass is 10.1. The number of hydrogen-bond donors (Lipinski definition) is 1. The van der Waals surface area contributed by atoms with Crippen LogP contribution in [0.25, 0.3) is 11.0 Å². The van der Waals surface area contributed by atoms with Crippen LogP contribution in [0, 0.1) is 0 Å². The number of imidazole rings is 1. The molecule has 0 saturated carbocycles. The van der Waals surface area contributed by atoms with Gasteiger partial charge in [0.2, 0.25) is 5.91 Å². The molecule has 1 fully saturated rings. The lowest BCUT2D eigenvalue weighted by molar-refractivity contribution is -0.131. The van der Waals surface area contributed by atoms with Crippen molar-refractivity contribution in [1.29, 1.82) is 0 Å². The van der Waals surface area contributed by atoms with Gasteiger partial charge >= 0.3 is 0 Å². The second-order valence-electron chi connectivity index (χ2n) is 5.42. The van der Waals surface area contributed by atoms with Crippen molar-refractivity contribution in [3.63, 3.8) is 0 Å². The van der Waals surface area contributed by atoms with Gasteiger partial charge in [-0.1, -0.05) is 12.1 Å². The number of β-amino-alcohol motifs (C(OH)–C–C–N with tert-alkyl or cyclic N) is 1. The molecule has 1 atom stereocenters. The van der Waals surface area contributed by atoms with Crippen LogP contribution in [0.1, 0.15) is 13.3 Å². The standard InChI is InChI=1S/C14H17N3O2/c1-14(19)6-7-16(9-14)13(18)8-17-10-15-11-4-2-3-5-12(11)17/h2-5,10,19H,6-9H2,1H3. The number of carbonyl (C=O) groups is 1. The van der Waals surface area contributed by atoms with Gasteiger partial charge in [0.05, 0.1) is 23.0 Å². The molecule has 2 heterocycles. The van der Waals surface area contributed by atoms with Gasteiger partial charge in [-0.15, -0.1) is 0 Å².